The molecule has 0 aliphatic rings. The Morgan fingerprint density at radius 1 is 1.14 bits per heavy atom. The van der Waals surface area contributed by atoms with Crippen molar-refractivity contribution in [1.82, 2.24) is 0 Å². The summed E-state index contributed by atoms with van der Waals surface area (Å²) >= 11 is 0. The lowest BCUT2D eigenvalue weighted by Crippen LogP contribution is -2.10. The molecule has 0 aromatic heterocycles. The molecule has 1 N–H and O–H groups in total. The van der Waals surface area contributed by atoms with Crippen LogP contribution in [-0.4, -0.2) is 13.0 Å². The third kappa shape index (κ3) is 2.36. The van der Waals surface area contributed by atoms with Crippen molar-refractivity contribution >= 4 is 10.4 Å². The fraction of sp³-hybridized carbons (Fsp3) is 0. The van der Waals surface area contributed by atoms with E-state index in [-0.39, 0.29) is 0 Å². The summed E-state index contributed by atoms with van der Waals surface area (Å²) in [7, 11) is -5.09. The Bertz CT molecular complexity index is 456. The number of rotatable bonds is 2. The molecule has 1 aromatic rings. The minimum Gasteiger partial charge on any atom is -0.355 e. The molecular formula is C6H3F3O4S. The highest BCUT2D eigenvalue weighted by atomic mass is 32.3. The maximum absolute atomic E-state index is 12.7. The van der Waals surface area contributed by atoms with Gasteiger partial charge in [-0.3, -0.25) is 4.55 Å². The fourth-order valence-corrected chi connectivity index (χ4v) is 1.05. The maximum Gasteiger partial charge on any atom is 0.446 e. The average molecular weight is 228 g/mol. The zero-order chi connectivity index (χ0) is 10.9. The monoisotopic (exact) mass is 228 g/mol. The van der Waals surface area contributed by atoms with Gasteiger partial charge in [0.2, 0.25) is 11.6 Å². The normalized spacial score (nSPS) is 11.4. The van der Waals surface area contributed by atoms with E-state index in [1.807, 2.05) is 0 Å². The van der Waals surface area contributed by atoms with E-state index < -0.39 is 33.6 Å². The van der Waals surface area contributed by atoms with Crippen molar-refractivity contribution in [3.05, 3.63) is 29.6 Å². The Morgan fingerprint density at radius 3 is 2.14 bits per heavy atom. The smallest absolute Gasteiger partial charge is 0.355 e. The Kier molecular flexibility index (Phi) is 2.67. The first-order valence-corrected chi connectivity index (χ1v) is 4.48. The summed E-state index contributed by atoms with van der Waals surface area (Å²) in [5.41, 5.74) is 0. The molecule has 0 aliphatic heterocycles. The lowest BCUT2D eigenvalue weighted by Gasteiger charge is -2.03. The minimum absolute atomic E-state index is 0.446. The van der Waals surface area contributed by atoms with Crippen molar-refractivity contribution in [2.45, 2.75) is 0 Å². The Hall–Kier alpha value is -1.28. The van der Waals surface area contributed by atoms with Crippen molar-refractivity contribution in [3.63, 3.8) is 0 Å². The Labute approximate surface area is 76.9 Å². The van der Waals surface area contributed by atoms with Gasteiger partial charge >= 0.3 is 10.4 Å². The van der Waals surface area contributed by atoms with Crippen LogP contribution in [0.1, 0.15) is 0 Å². The highest BCUT2D eigenvalue weighted by molar-refractivity contribution is 7.81. The van der Waals surface area contributed by atoms with Crippen molar-refractivity contribution in [2.24, 2.45) is 0 Å². The van der Waals surface area contributed by atoms with Crippen LogP contribution >= 0.6 is 0 Å². The van der Waals surface area contributed by atoms with Gasteiger partial charge in [0.25, 0.3) is 0 Å². The predicted molar refractivity (Wildman–Crippen MR) is 38.5 cm³/mol. The van der Waals surface area contributed by atoms with E-state index in [2.05, 4.69) is 4.18 Å². The van der Waals surface area contributed by atoms with Crippen LogP contribution in [0.3, 0.4) is 0 Å². The SMILES string of the molecule is O=S(=O)(O)Oc1c(F)ccc(F)c1F. The minimum atomic E-state index is -5.09. The van der Waals surface area contributed by atoms with E-state index in [1.54, 1.807) is 0 Å². The van der Waals surface area contributed by atoms with E-state index in [1.165, 1.54) is 0 Å². The van der Waals surface area contributed by atoms with E-state index in [9.17, 15) is 21.6 Å². The van der Waals surface area contributed by atoms with Gasteiger partial charge in [0, 0.05) is 0 Å². The number of halogens is 3. The second-order valence-corrected chi connectivity index (χ2v) is 3.21. The molecule has 0 atom stereocenters. The molecule has 0 saturated heterocycles. The van der Waals surface area contributed by atoms with E-state index in [4.69, 9.17) is 4.55 Å². The quantitative estimate of drug-likeness (QED) is 0.611. The van der Waals surface area contributed by atoms with Gasteiger partial charge in [-0.05, 0) is 12.1 Å². The molecule has 0 saturated carbocycles. The Morgan fingerprint density at radius 2 is 1.64 bits per heavy atom. The van der Waals surface area contributed by atoms with Crippen LogP contribution in [0.4, 0.5) is 13.2 Å². The van der Waals surface area contributed by atoms with Crippen molar-refractivity contribution in [3.8, 4) is 5.75 Å². The first-order chi connectivity index (χ1) is 6.31. The Balaban J connectivity index is 3.27. The molecule has 0 fully saturated rings. The summed E-state index contributed by atoms with van der Waals surface area (Å²) in [4.78, 5) is 0. The number of benzene rings is 1. The van der Waals surface area contributed by atoms with Crippen LogP contribution in [0, 0.1) is 17.5 Å². The van der Waals surface area contributed by atoms with Crippen LogP contribution in [-0.2, 0) is 10.4 Å². The van der Waals surface area contributed by atoms with Gasteiger partial charge in [0.05, 0.1) is 0 Å². The molecule has 0 amide bonds. The summed E-state index contributed by atoms with van der Waals surface area (Å²) in [6.07, 6.45) is 0. The summed E-state index contributed by atoms with van der Waals surface area (Å²) in [5, 5.41) is 0. The van der Waals surface area contributed by atoms with Gasteiger partial charge < -0.3 is 4.18 Å². The molecule has 0 spiro atoms. The first kappa shape index (κ1) is 10.8. The summed E-state index contributed by atoms with van der Waals surface area (Å²) in [5.74, 6) is -6.28. The summed E-state index contributed by atoms with van der Waals surface area (Å²) in [6.45, 7) is 0. The van der Waals surface area contributed by atoms with Crippen LogP contribution < -0.4 is 4.18 Å². The van der Waals surface area contributed by atoms with Crippen LogP contribution in [0.15, 0.2) is 12.1 Å². The van der Waals surface area contributed by atoms with E-state index >= 15 is 0 Å². The molecular weight excluding hydrogens is 225 g/mol. The van der Waals surface area contributed by atoms with E-state index in [0.717, 1.165) is 0 Å². The lowest BCUT2D eigenvalue weighted by molar-refractivity contribution is 0.357. The second-order valence-electron chi connectivity index (χ2n) is 2.18. The topological polar surface area (TPSA) is 63.6 Å². The van der Waals surface area contributed by atoms with Crippen LogP contribution in [0.25, 0.3) is 0 Å². The largest absolute Gasteiger partial charge is 0.446 e. The van der Waals surface area contributed by atoms with Crippen LogP contribution in [0.2, 0.25) is 0 Å². The molecule has 14 heavy (non-hydrogen) atoms. The van der Waals surface area contributed by atoms with Gasteiger partial charge in [-0.15, -0.1) is 0 Å². The van der Waals surface area contributed by atoms with Crippen molar-refractivity contribution < 1.29 is 30.3 Å². The molecule has 4 nitrogen and oxygen atoms in total. The summed E-state index contributed by atoms with van der Waals surface area (Å²) < 4.78 is 69.5. The zero-order valence-electron chi connectivity index (χ0n) is 6.37. The van der Waals surface area contributed by atoms with Gasteiger partial charge in [-0.25, -0.2) is 8.78 Å². The molecule has 0 unspecified atom stereocenters. The first-order valence-electron chi connectivity index (χ1n) is 3.11. The molecule has 0 radical (unpaired) electrons. The van der Waals surface area contributed by atoms with Gasteiger partial charge in [-0.1, -0.05) is 0 Å². The zero-order valence-corrected chi connectivity index (χ0v) is 7.19. The van der Waals surface area contributed by atoms with Crippen molar-refractivity contribution in [1.29, 1.82) is 0 Å². The van der Waals surface area contributed by atoms with Gasteiger partial charge in [0.1, 0.15) is 0 Å². The highest BCUT2D eigenvalue weighted by Crippen LogP contribution is 2.24. The highest BCUT2D eigenvalue weighted by Gasteiger charge is 2.20. The summed E-state index contributed by atoms with van der Waals surface area (Å²) in [6, 6.07) is 0.903. The number of hydrogen-bond acceptors (Lipinski definition) is 3. The van der Waals surface area contributed by atoms with Gasteiger partial charge in [-0.2, -0.15) is 12.8 Å². The predicted octanol–water partition coefficient (Wildman–Crippen LogP) is 1.29. The maximum atomic E-state index is 12.7. The lowest BCUT2D eigenvalue weighted by atomic mass is 10.3. The molecule has 78 valence electrons. The van der Waals surface area contributed by atoms with Gasteiger partial charge in [0.15, 0.2) is 11.6 Å². The standard InChI is InChI=1S/C6H3F3O4S/c7-3-1-2-4(8)6(5(3)9)13-14(10,11)12/h1-2H,(H,10,11,12). The number of hydrogen-bond donors (Lipinski definition) is 1. The molecule has 1 rings (SSSR count). The second kappa shape index (κ2) is 3.46. The van der Waals surface area contributed by atoms with E-state index in [0.29, 0.717) is 12.1 Å². The third-order valence-corrected chi connectivity index (χ3v) is 1.57. The van der Waals surface area contributed by atoms with Crippen molar-refractivity contribution in [2.75, 3.05) is 0 Å². The molecule has 1 aromatic carbocycles. The third-order valence-electron chi connectivity index (χ3n) is 1.19. The molecule has 0 bridgehead atoms. The average Bonchev–Trinajstić information content (AvgIpc) is 2.04. The molecule has 0 heterocycles. The fourth-order valence-electron chi connectivity index (χ4n) is 0.690. The van der Waals surface area contributed by atoms with Crippen LogP contribution in [0.5, 0.6) is 5.75 Å². The molecule has 8 heteroatoms. The molecule has 0 aliphatic carbocycles.